The number of nitrogens with zero attached hydrogens (tertiary/aromatic N) is 2. The normalized spacial score (nSPS) is 11.0. The first-order valence-electron chi connectivity index (χ1n) is 8.40. The Bertz CT molecular complexity index is 1290. The minimum Gasteiger partial charge on any atom is -0.323 e. The third kappa shape index (κ3) is 3.90. The van der Waals surface area contributed by atoms with Gasteiger partial charge in [-0.2, -0.15) is 0 Å². The first kappa shape index (κ1) is 19.2. The van der Waals surface area contributed by atoms with Crippen LogP contribution in [0.15, 0.2) is 59.0 Å². The molecule has 0 atom stereocenters. The van der Waals surface area contributed by atoms with Gasteiger partial charge in [0.25, 0.3) is 5.56 Å². The minimum atomic E-state index is -0.523. The topological polar surface area (TPSA) is 64.0 Å². The maximum Gasteiger partial charge on any atom is 0.263 e. The summed E-state index contributed by atoms with van der Waals surface area (Å²) in [4.78, 5) is 30.1. The van der Waals surface area contributed by atoms with E-state index in [9.17, 15) is 18.4 Å². The van der Waals surface area contributed by atoms with E-state index < -0.39 is 17.3 Å². The molecule has 0 unspecified atom stereocenters. The summed E-state index contributed by atoms with van der Waals surface area (Å²) in [7, 11) is 0. The molecule has 29 heavy (non-hydrogen) atoms. The molecule has 2 aromatic carbocycles. The molecule has 0 spiro atoms. The van der Waals surface area contributed by atoms with Crippen LogP contribution in [-0.4, -0.2) is 15.5 Å². The molecule has 9 heteroatoms. The second-order valence-electron chi connectivity index (χ2n) is 6.19. The number of carbonyl (C=O) groups is 1. The second kappa shape index (κ2) is 7.73. The smallest absolute Gasteiger partial charge is 0.263 e. The Labute approximate surface area is 172 Å². The lowest BCUT2D eigenvalue weighted by molar-refractivity contribution is -0.116. The van der Waals surface area contributed by atoms with Crippen molar-refractivity contribution in [2.24, 2.45) is 0 Å². The lowest BCUT2D eigenvalue weighted by Crippen LogP contribution is -2.27. The van der Waals surface area contributed by atoms with Crippen LogP contribution in [0.2, 0.25) is 5.02 Å². The number of rotatable bonds is 4. The summed E-state index contributed by atoms with van der Waals surface area (Å²) >= 11 is 7.20. The number of hydrogen-bond donors (Lipinski definition) is 1. The second-order valence-corrected chi connectivity index (χ2v) is 7.45. The molecule has 0 aliphatic carbocycles. The Hall–Kier alpha value is -3.10. The molecule has 4 aromatic rings. The van der Waals surface area contributed by atoms with Crippen molar-refractivity contribution in [2.75, 3.05) is 5.32 Å². The molecular weight excluding hydrogens is 420 g/mol. The van der Waals surface area contributed by atoms with Crippen LogP contribution in [0, 0.1) is 11.6 Å². The SMILES string of the molecule is O=C(Cn1cnc2scc(-c3ccc(F)cc3)c2c1=O)Nc1ccc(F)cc1Cl. The minimum absolute atomic E-state index is 0.0516. The molecule has 0 fully saturated rings. The molecule has 1 amide bonds. The molecule has 0 aliphatic heterocycles. The third-order valence-electron chi connectivity index (χ3n) is 4.24. The van der Waals surface area contributed by atoms with E-state index in [1.165, 1.54) is 46.5 Å². The van der Waals surface area contributed by atoms with Crippen molar-refractivity contribution in [2.45, 2.75) is 6.54 Å². The highest BCUT2D eigenvalue weighted by Gasteiger charge is 2.15. The standard InChI is InChI=1S/C20H12ClF2N3O2S/c21-15-7-13(23)5-6-16(15)25-17(27)8-26-10-24-19-18(20(26)28)14(9-29-19)11-1-3-12(22)4-2-11/h1-7,9-10H,8H2,(H,25,27). The molecule has 2 heterocycles. The number of nitrogens with one attached hydrogen (secondary N) is 1. The maximum absolute atomic E-state index is 13.2. The maximum atomic E-state index is 13.2. The van der Waals surface area contributed by atoms with Crippen LogP contribution in [0.5, 0.6) is 0 Å². The fourth-order valence-electron chi connectivity index (χ4n) is 2.86. The largest absolute Gasteiger partial charge is 0.323 e. The van der Waals surface area contributed by atoms with Gasteiger partial charge in [0.05, 0.1) is 22.4 Å². The fourth-order valence-corrected chi connectivity index (χ4v) is 3.98. The predicted octanol–water partition coefficient (Wildman–Crippen LogP) is 4.70. The summed E-state index contributed by atoms with van der Waals surface area (Å²) in [5.74, 6) is -1.41. The molecule has 0 aliphatic rings. The van der Waals surface area contributed by atoms with E-state index in [0.717, 1.165) is 6.07 Å². The molecule has 4 rings (SSSR count). The third-order valence-corrected chi connectivity index (χ3v) is 5.43. The average Bonchev–Trinajstić information content (AvgIpc) is 3.12. The number of anilines is 1. The van der Waals surface area contributed by atoms with E-state index in [-0.39, 0.29) is 23.1 Å². The number of halogens is 3. The quantitative estimate of drug-likeness (QED) is 0.509. The van der Waals surface area contributed by atoms with Gasteiger partial charge < -0.3 is 5.32 Å². The highest BCUT2D eigenvalue weighted by molar-refractivity contribution is 7.17. The Morgan fingerprint density at radius 1 is 1.14 bits per heavy atom. The van der Waals surface area contributed by atoms with Crippen molar-refractivity contribution in [3.8, 4) is 11.1 Å². The Morgan fingerprint density at radius 2 is 1.86 bits per heavy atom. The van der Waals surface area contributed by atoms with E-state index in [4.69, 9.17) is 11.6 Å². The summed E-state index contributed by atoms with van der Waals surface area (Å²) in [5.41, 5.74) is 1.15. The van der Waals surface area contributed by atoms with Gasteiger partial charge in [-0.1, -0.05) is 23.7 Å². The molecule has 146 valence electrons. The molecule has 0 saturated carbocycles. The first-order chi connectivity index (χ1) is 13.9. The zero-order valence-corrected chi connectivity index (χ0v) is 16.2. The zero-order chi connectivity index (χ0) is 20.5. The number of aromatic nitrogens is 2. The van der Waals surface area contributed by atoms with Crippen LogP contribution in [0.25, 0.3) is 21.3 Å². The highest BCUT2D eigenvalue weighted by atomic mass is 35.5. The zero-order valence-electron chi connectivity index (χ0n) is 14.7. The average molecular weight is 432 g/mol. The fraction of sp³-hybridized carbons (Fsp3) is 0.0500. The number of amides is 1. The lowest BCUT2D eigenvalue weighted by Gasteiger charge is -2.09. The monoisotopic (exact) mass is 431 g/mol. The van der Waals surface area contributed by atoms with E-state index in [1.54, 1.807) is 17.5 Å². The van der Waals surface area contributed by atoms with Crippen LogP contribution in [0.4, 0.5) is 14.5 Å². The van der Waals surface area contributed by atoms with Crippen LogP contribution in [0.1, 0.15) is 0 Å². The molecule has 0 radical (unpaired) electrons. The van der Waals surface area contributed by atoms with Gasteiger partial charge in [-0.15, -0.1) is 11.3 Å². The van der Waals surface area contributed by atoms with Gasteiger partial charge in [0.15, 0.2) is 0 Å². The van der Waals surface area contributed by atoms with E-state index >= 15 is 0 Å². The van der Waals surface area contributed by atoms with Gasteiger partial charge in [-0.25, -0.2) is 13.8 Å². The van der Waals surface area contributed by atoms with Gasteiger partial charge in [-0.05, 0) is 35.9 Å². The van der Waals surface area contributed by atoms with E-state index in [2.05, 4.69) is 10.3 Å². The summed E-state index contributed by atoms with van der Waals surface area (Å²) < 4.78 is 27.5. The number of fused-ring (bicyclic) bond motifs is 1. The lowest BCUT2D eigenvalue weighted by atomic mass is 10.1. The van der Waals surface area contributed by atoms with Gasteiger partial charge in [0.1, 0.15) is 23.0 Å². The molecule has 5 nitrogen and oxygen atoms in total. The van der Waals surface area contributed by atoms with E-state index in [0.29, 0.717) is 21.3 Å². The van der Waals surface area contributed by atoms with E-state index in [1.807, 2.05) is 0 Å². The summed E-state index contributed by atoms with van der Waals surface area (Å²) in [5, 5.41) is 4.73. The van der Waals surface area contributed by atoms with Crippen LogP contribution in [-0.2, 0) is 11.3 Å². The van der Waals surface area contributed by atoms with Crippen molar-refractivity contribution in [1.29, 1.82) is 0 Å². The van der Waals surface area contributed by atoms with Crippen molar-refractivity contribution in [3.63, 3.8) is 0 Å². The number of thiophene rings is 1. The van der Waals surface area contributed by atoms with Gasteiger partial charge in [0, 0.05) is 10.9 Å². The molecule has 2 aromatic heterocycles. The number of carbonyl (C=O) groups excluding carboxylic acids is 1. The highest BCUT2D eigenvalue weighted by Crippen LogP contribution is 2.30. The number of benzene rings is 2. The Morgan fingerprint density at radius 3 is 2.59 bits per heavy atom. The summed E-state index contributed by atoms with van der Waals surface area (Å²) in [6.07, 6.45) is 1.29. The van der Waals surface area contributed by atoms with Crippen molar-refractivity contribution < 1.29 is 13.6 Å². The molecule has 0 saturated heterocycles. The van der Waals surface area contributed by atoms with Crippen molar-refractivity contribution in [3.05, 3.63) is 81.2 Å². The summed E-state index contributed by atoms with van der Waals surface area (Å²) in [6.45, 7) is -0.297. The van der Waals surface area contributed by atoms with Crippen LogP contribution >= 0.6 is 22.9 Å². The summed E-state index contributed by atoms with van der Waals surface area (Å²) in [6, 6.07) is 9.37. The van der Waals surface area contributed by atoms with Gasteiger partial charge >= 0.3 is 0 Å². The van der Waals surface area contributed by atoms with Crippen molar-refractivity contribution >= 4 is 44.7 Å². The van der Waals surface area contributed by atoms with Crippen LogP contribution in [0.3, 0.4) is 0 Å². The molecular formula is C20H12ClF2N3O2S. The number of hydrogen-bond acceptors (Lipinski definition) is 4. The molecule has 1 N–H and O–H groups in total. The Balaban J connectivity index is 1.65. The predicted molar refractivity (Wildman–Crippen MR) is 109 cm³/mol. The Kier molecular flexibility index (Phi) is 5.12. The van der Waals surface area contributed by atoms with Crippen molar-refractivity contribution in [1.82, 2.24) is 9.55 Å². The van der Waals surface area contributed by atoms with Crippen LogP contribution < -0.4 is 10.9 Å². The molecule has 0 bridgehead atoms. The van der Waals surface area contributed by atoms with Gasteiger partial charge in [-0.3, -0.25) is 14.2 Å². The first-order valence-corrected chi connectivity index (χ1v) is 9.65. The van der Waals surface area contributed by atoms with Gasteiger partial charge in [0.2, 0.25) is 5.91 Å².